The van der Waals surface area contributed by atoms with Gasteiger partial charge in [0.15, 0.2) is 0 Å². The Morgan fingerprint density at radius 3 is 2.50 bits per heavy atom. The summed E-state index contributed by atoms with van der Waals surface area (Å²) in [6.45, 7) is 3.12. The smallest absolute Gasteiger partial charge is 0.305 e. The van der Waals surface area contributed by atoms with Crippen molar-refractivity contribution < 1.29 is 14.7 Å². The van der Waals surface area contributed by atoms with E-state index in [4.69, 9.17) is 5.11 Å². The second-order valence-electron chi connectivity index (χ2n) is 2.59. The molecule has 0 aliphatic carbocycles. The van der Waals surface area contributed by atoms with Gasteiger partial charge in [0.05, 0.1) is 12.0 Å². The Labute approximate surface area is 58.6 Å². The SMILES string of the molecule is CC(C)(CC(=O)O)N=C=O. The molecule has 0 rings (SSSR count). The molecular weight excluding hydrogens is 134 g/mol. The van der Waals surface area contributed by atoms with E-state index in [9.17, 15) is 9.59 Å². The summed E-state index contributed by atoms with van der Waals surface area (Å²) in [5, 5.41) is 8.29. The number of carboxylic acid groups (broad SMARTS) is 1. The molecule has 0 amide bonds. The molecule has 0 aliphatic rings. The van der Waals surface area contributed by atoms with Gasteiger partial charge in [-0.05, 0) is 13.8 Å². The molecule has 0 aromatic rings. The van der Waals surface area contributed by atoms with E-state index in [0.29, 0.717) is 0 Å². The largest absolute Gasteiger partial charge is 0.481 e. The summed E-state index contributed by atoms with van der Waals surface area (Å²) in [6.07, 6.45) is 1.17. The summed E-state index contributed by atoms with van der Waals surface area (Å²) in [7, 11) is 0. The molecular formula is C6H9NO3. The molecule has 0 saturated carbocycles. The predicted octanol–water partition coefficient (Wildman–Crippen LogP) is 0.575. The van der Waals surface area contributed by atoms with Gasteiger partial charge in [-0.2, -0.15) is 4.99 Å². The lowest BCUT2D eigenvalue weighted by molar-refractivity contribution is -0.138. The third-order valence-corrected chi connectivity index (χ3v) is 0.932. The van der Waals surface area contributed by atoms with Crippen molar-refractivity contribution in [3.8, 4) is 0 Å². The van der Waals surface area contributed by atoms with Crippen molar-refractivity contribution in [1.29, 1.82) is 0 Å². The first-order chi connectivity index (χ1) is 4.48. The molecule has 0 bridgehead atoms. The van der Waals surface area contributed by atoms with E-state index in [-0.39, 0.29) is 6.42 Å². The van der Waals surface area contributed by atoms with Crippen LogP contribution in [0.2, 0.25) is 0 Å². The second kappa shape index (κ2) is 3.13. The average molecular weight is 143 g/mol. The summed E-state index contributed by atoms with van der Waals surface area (Å²) in [4.78, 5) is 23.1. The normalized spacial score (nSPS) is 10.2. The molecule has 0 aromatic carbocycles. The van der Waals surface area contributed by atoms with Crippen molar-refractivity contribution in [2.75, 3.05) is 0 Å². The van der Waals surface area contributed by atoms with E-state index in [2.05, 4.69) is 4.99 Å². The minimum Gasteiger partial charge on any atom is -0.481 e. The zero-order valence-electron chi connectivity index (χ0n) is 5.92. The van der Waals surface area contributed by atoms with E-state index in [1.165, 1.54) is 6.08 Å². The molecule has 0 saturated heterocycles. The van der Waals surface area contributed by atoms with Gasteiger partial charge in [-0.15, -0.1) is 0 Å². The van der Waals surface area contributed by atoms with Crippen LogP contribution in [0.25, 0.3) is 0 Å². The van der Waals surface area contributed by atoms with Gasteiger partial charge in [-0.25, -0.2) is 4.79 Å². The third-order valence-electron chi connectivity index (χ3n) is 0.932. The summed E-state index contributed by atoms with van der Waals surface area (Å²) in [5.74, 6) is -0.969. The maximum Gasteiger partial charge on any atom is 0.305 e. The lowest BCUT2D eigenvalue weighted by Crippen LogP contribution is -2.20. The van der Waals surface area contributed by atoms with Crippen molar-refractivity contribution in [3.05, 3.63) is 0 Å². The Morgan fingerprint density at radius 2 is 2.20 bits per heavy atom. The number of carboxylic acids is 1. The molecule has 0 unspecified atom stereocenters. The number of aliphatic carboxylic acids is 1. The number of isocyanates is 1. The Bertz CT molecular complexity index is 179. The van der Waals surface area contributed by atoms with Crippen LogP contribution < -0.4 is 0 Å². The highest BCUT2D eigenvalue weighted by Crippen LogP contribution is 2.12. The Balaban J connectivity index is 4.12. The standard InChI is InChI=1S/C6H9NO3/c1-6(2,7-4-8)3-5(9)10/h3H2,1-2H3,(H,9,10). The van der Waals surface area contributed by atoms with Crippen LogP contribution >= 0.6 is 0 Å². The highest BCUT2D eigenvalue weighted by Gasteiger charge is 2.19. The van der Waals surface area contributed by atoms with E-state index in [0.717, 1.165) is 0 Å². The molecule has 0 aromatic heterocycles. The molecule has 10 heavy (non-hydrogen) atoms. The number of nitrogens with zero attached hydrogens (tertiary/aromatic N) is 1. The van der Waals surface area contributed by atoms with Gasteiger partial charge in [0.25, 0.3) is 0 Å². The number of hydrogen-bond acceptors (Lipinski definition) is 3. The fraction of sp³-hybridized carbons (Fsp3) is 0.667. The van der Waals surface area contributed by atoms with Gasteiger partial charge < -0.3 is 5.11 Å². The fourth-order valence-corrected chi connectivity index (χ4v) is 0.533. The van der Waals surface area contributed by atoms with Gasteiger partial charge >= 0.3 is 5.97 Å². The molecule has 4 nitrogen and oxygen atoms in total. The van der Waals surface area contributed by atoms with Gasteiger partial charge in [-0.3, -0.25) is 4.79 Å². The molecule has 0 atom stereocenters. The quantitative estimate of drug-likeness (QED) is 0.464. The van der Waals surface area contributed by atoms with E-state index in [1.807, 2.05) is 0 Å². The predicted molar refractivity (Wildman–Crippen MR) is 34.5 cm³/mol. The van der Waals surface area contributed by atoms with Gasteiger partial charge in [-0.1, -0.05) is 0 Å². The maximum absolute atomic E-state index is 10.1. The number of carbonyl (C=O) groups is 1. The van der Waals surface area contributed by atoms with Crippen LogP contribution in [0, 0.1) is 0 Å². The minimum atomic E-state index is -0.969. The summed E-state index contributed by atoms with van der Waals surface area (Å²) < 4.78 is 0. The van der Waals surface area contributed by atoms with Crippen LogP contribution in [0.15, 0.2) is 4.99 Å². The summed E-state index contributed by atoms with van der Waals surface area (Å²) in [5.41, 5.74) is -0.826. The lowest BCUT2D eigenvalue weighted by Gasteiger charge is -2.12. The average Bonchev–Trinajstić information content (AvgIpc) is 1.59. The monoisotopic (exact) mass is 143 g/mol. The van der Waals surface area contributed by atoms with Crippen molar-refractivity contribution in [1.82, 2.24) is 0 Å². The van der Waals surface area contributed by atoms with Crippen molar-refractivity contribution in [2.45, 2.75) is 25.8 Å². The third kappa shape index (κ3) is 3.80. The minimum absolute atomic E-state index is 0.151. The Kier molecular flexibility index (Phi) is 2.77. The fourth-order valence-electron chi connectivity index (χ4n) is 0.533. The summed E-state index contributed by atoms with van der Waals surface area (Å²) in [6, 6.07) is 0. The maximum atomic E-state index is 10.1. The Hall–Kier alpha value is -1.15. The number of rotatable bonds is 3. The van der Waals surface area contributed by atoms with Crippen molar-refractivity contribution in [3.63, 3.8) is 0 Å². The van der Waals surface area contributed by atoms with Crippen LogP contribution in [-0.4, -0.2) is 22.7 Å². The first-order valence-electron chi connectivity index (χ1n) is 2.79. The van der Waals surface area contributed by atoms with E-state index in [1.54, 1.807) is 13.8 Å². The van der Waals surface area contributed by atoms with Crippen molar-refractivity contribution >= 4 is 12.0 Å². The lowest BCUT2D eigenvalue weighted by atomic mass is 10.0. The molecule has 0 spiro atoms. The number of carbonyl (C=O) groups excluding carboxylic acids is 1. The van der Waals surface area contributed by atoms with Crippen molar-refractivity contribution in [2.24, 2.45) is 4.99 Å². The van der Waals surface area contributed by atoms with E-state index < -0.39 is 11.5 Å². The first-order valence-corrected chi connectivity index (χ1v) is 2.79. The van der Waals surface area contributed by atoms with Gasteiger partial charge in [0, 0.05) is 0 Å². The Morgan fingerprint density at radius 1 is 1.70 bits per heavy atom. The van der Waals surface area contributed by atoms with E-state index >= 15 is 0 Å². The molecule has 4 heteroatoms. The molecule has 0 fully saturated rings. The highest BCUT2D eigenvalue weighted by molar-refractivity contribution is 5.68. The highest BCUT2D eigenvalue weighted by atomic mass is 16.4. The molecule has 56 valence electrons. The molecule has 0 aliphatic heterocycles. The number of hydrogen-bond donors (Lipinski definition) is 1. The molecule has 0 heterocycles. The zero-order valence-corrected chi connectivity index (χ0v) is 5.92. The molecule has 1 N–H and O–H groups in total. The van der Waals surface area contributed by atoms with Gasteiger partial charge in [0.2, 0.25) is 6.08 Å². The molecule has 0 radical (unpaired) electrons. The van der Waals surface area contributed by atoms with Crippen LogP contribution in [0.3, 0.4) is 0 Å². The first kappa shape index (κ1) is 8.85. The number of aliphatic imine (C=N–C) groups is 1. The second-order valence-corrected chi connectivity index (χ2v) is 2.59. The van der Waals surface area contributed by atoms with Crippen LogP contribution in [0.5, 0.6) is 0 Å². The zero-order chi connectivity index (χ0) is 8.20. The summed E-state index contributed by atoms with van der Waals surface area (Å²) >= 11 is 0. The topological polar surface area (TPSA) is 66.7 Å². The van der Waals surface area contributed by atoms with Gasteiger partial charge in [0.1, 0.15) is 0 Å². The van der Waals surface area contributed by atoms with Crippen LogP contribution in [0.4, 0.5) is 0 Å². The van der Waals surface area contributed by atoms with Crippen LogP contribution in [-0.2, 0) is 9.59 Å². The van der Waals surface area contributed by atoms with Crippen LogP contribution in [0.1, 0.15) is 20.3 Å².